The molecule has 0 aliphatic carbocycles. The van der Waals surface area contributed by atoms with E-state index in [-0.39, 0.29) is 11.8 Å². The van der Waals surface area contributed by atoms with Crippen molar-refractivity contribution in [3.63, 3.8) is 0 Å². The van der Waals surface area contributed by atoms with E-state index in [0.29, 0.717) is 18.8 Å². The van der Waals surface area contributed by atoms with Crippen LogP contribution in [0.1, 0.15) is 11.1 Å². The third-order valence-corrected chi connectivity index (χ3v) is 3.77. The smallest absolute Gasteiger partial charge is 0.316 e. The molecule has 3 rings (SSSR count). The quantitative estimate of drug-likeness (QED) is 0.835. The molecule has 0 atom stereocenters. The van der Waals surface area contributed by atoms with Crippen LogP contribution in [0.5, 0.6) is 0 Å². The topological polar surface area (TPSA) is 32.3 Å². The van der Waals surface area contributed by atoms with Gasteiger partial charge in [-0.3, -0.25) is 0 Å². The Labute approximate surface area is 124 Å². The van der Waals surface area contributed by atoms with E-state index in [0.717, 1.165) is 15.6 Å². The van der Waals surface area contributed by atoms with E-state index in [1.54, 1.807) is 17.0 Å². The number of hydrogen-bond donors (Lipinski definition) is 1. The molecule has 0 radical (unpaired) electrons. The molecule has 0 unspecified atom stereocenters. The van der Waals surface area contributed by atoms with Crippen molar-refractivity contribution in [3.05, 3.63) is 63.9 Å². The summed E-state index contributed by atoms with van der Waals surface area (Å²) in [5.74, 6) is -0.318. The number of nitrogens with zero attached hydrogens (tertiary/aromatic N) is 1. The molecule has 5 heteroatoms. The predicted molar refractivity (Wildman–Crippen MR) is 78.8 cm³/mol. The van der Waals surface area contributed by atoms with Gasteiger partial charge in [0.05, 0.1) is 0 Å². The van der Waals surface area contributed by atoms with Gasteiger partial charge in [0.25, 0.3) is 0 Å². The monoisotopic (exact) mass is 334 g/mol. The molecule has 0 bridgehead atoms. The van der Waals surface area contributed by atoms with Crippen LogP contribution >= 0.6 is 15.9 Å². The van der Waals surface area contributed by atoms with Gasteiger partial charge in [-0.15, -0.1) is 0 Å². The van der Waals surface area contributed by atoms with Gasteiger partial charge < -0.3 is 10.2 Å². The summed E-state index contributed by atoms with van der Waals surface area (Å²) in [5, 5.41) is 2.77. The maximum absolute atomic E-state index is 12.8. The summed E-state index contributed by atoms with van der Waals surface area (Å²) in [5.41, 5.74) is 2.89. The van der Waals surface area contributed by atoms with Crippen molar-refractivity contribution < 1.29 is 9.18 Å². The van der Waals surface area contributed by atoms with Crippen LogP contribution in [0.25, 0.3) is 0 Å². The number of rotatable bonds is 1. The molecule has 2 amide bonds. The second-order valence-electron chi connectivity index (χ2n) is 4.71. The molecule has 0 aromatic heterocycles. The van der Waals surface area contributed by atoms with Gasteiger partial charge in [-0.05, 0) is 47.5 Å². The number of urea groups is 1. The van der Waals surface area contributed by atoms with Gasteiger partial charge in [0, 0.05) is 23.2 Å². The van der Waals surface area contributed by atoms with Crippen molar-refractivity contribution in [2.75, 3.05) is 5.32 Å². The van der Waals surface area contributed by atoms with Gasteiger partial charge in [0.2, 0.25) is 0 Å². The largest absolute Gasteiger partial charge is 0.322 e. The number of nitrogens with one attached hydrogen (secondary N) is 1. The first-order valence-electron chi connectivity index (χ1n) is 6.20. The van der Waals surface area contributed by atoms with Crippen LogP contribution in [0.2, 0.25) is 0 Å². The Morgan fingerprint density at radius 3 is 2.55 bits per heavy atom. The summed E-state index contributed by atoms with van der Waals surface area (Å²) < 4.78 is 13.8. The zero-order chi connectivity index (χ0) is 14.1. The van der Waals surface area contributed by atoms with Crippen LogP contribution < -0.4 is 5.32 Å². The minimum Gasteiger partial charge on any atom is -0.316 e. The number of carbonyl (C=O) groups is 1. The lowest BCUT2D eigenvalue weighted by atomic mass is 10.1. The highest BCUT2D eigenvalue weighted by atomic mass is 79.9. The fourth-order valence-corrected chi connectivity index (χ4v) is 2.65. The molecule has 0 saturated carbocycles. The van der Waals surface area contributed by atoms with Crippen molar-refractivity contribution in [2.45, 2.75) is 13.1 Å². The van der Waals surface area contributed by atoms with E-state index >= 15 is 0 Å². The average molecular weight is 335 g/mol. The predicted octanol–water partition coefficient (Wildman–Crippen LogP) is 4.14. The van der Waals surface area contributed by atoms with Crippen LogP contribution in [0.4, 0.5) is 14.9 Å². The van der Waals surface area contributed by atoms with Crippen molar-refractivity contribution >= 4 is 27.6 Å². The molecule has 1 N–H and O–H groups in total. The molecular weight excluding hydrogens is 323 g/mol. The fraction of sp³-hybridized carbons (Fsp3) is 0.133. The third-order valence-electron chi connectivity index (χ3n) is 3.27. The zero-order valence-corrected chi connectivity index (χ0v) is 12.2. The second kappa shape index (κ2) is 5.25. The highest BCUT2D eigenvalue weighted by Gasteiger charge is 2.23. The SMILES string of the molecule is O=C(Nc1ccc(F)cc1)N1Cc2ccc(Br)cc2C1. The van der Waals surface area contributed by atoms with Gasteiger partial charge >= 0.3 is 6.03 Å². The summed E-state index contributed by atoms with van der Waals surface area (Å²) >= 11 is 3.43. The Kier molecular flexibility index (Phi) is 3.44. The first-order chi connectivity index (χ1) is 9.61. The van der Waals surface area contributed by atoms with E-state index in [4.69, 9.17) is 0 Å². The number of halogens is 2. The maximum atomic E-state index is 12.8. The van der Waals surface area contributed by atoms with E-state index in [1.807, 2.05) is 18.2 Å². The molecule has 20 heavy (non-hydrogen) atoms. The third kappa shape index (κ3) is 2.67. The number of amides is 2. The van der Waals surface area contributed by atoms with Gasteiger partial charge in [-0.25, -0.2) is 9.18 Å². The van der Waals surface area contributed by atoms with Crippen LogP contribution in [0.15, 0.2) is 46.9 Å². The molecule has 2 aromatic carbocycles. The molecule has 3 nitrogen and oxygen atoms in total. The number of anilines is 1. The van der Waals surface area contributed by atoms with Gasteiger partial charge in [0.1, 0.15) is 5.82 Å². The lowest BCUT2D eigenvalue weighted by molar-refractivity contribution is 0.212. The lowest BCUT2D eigenvalue weighted by Gasteiger charge is -2.16. The van der Waals surface area contributed by atoms with Crippen LogP contribution in [0.3, 0.4) is 0 Å². The summed E-state index contributed by atoms with van der Waals surface area (Å²) in [6, 6.07) is 11.6. The number of carbonyl (C=O) groups excluding carboxylic acids is 1. The minimum absolute atomic E-state index is 0.177. The molecule has 0 saturated heterocycles. The normalized spacial score (nSPS) is 13.2. The number of hydrogen-bond acceptors (Lipinski definition) is 1. The molecule has 2 aromatic rings. The van der Waals surface area contributed by atoms with Gasteiger partial charge in [0.15, 0.2) is 0 Å². The second-order valence-corrected chi connectivity index (χ2v) is 5.62. The molecule has 1 aliphatic heterocycles. The Morgan fingerprint density at radius 2 is 1.80 bits per heavy atom. The molecule has 102 valence electrons. The first-order valence-corrected chi connectivity index (χ1v) is 7.00. The van der Waals surface area contributed by atoms with Crippen LogP contribution in [0, 0.1) is 5.82 Å². The molecule has 1 aliphatic rings. The molecule has 0 fully saturated rings. The van der Waals surface area contributed by atoms with Crippen molar-refractivity contribution in [2.24, 2.45) is 0 Å². The molecule has 1 heterocycles. The number of fused-ring (bicyclic) bond motifs is 1. The average Bonchev–Trinajstić information content (AvgIpc) is 2.84. The van der Waals surface area contributed by atoms with Crippen LogP contribution in [-0.4, -0.2) is 10.9 Å². The minimum atomic E-state index is -0.318. The lowest BCUT2D eigenvalue weighted by Crippen LogP contribution is -2.30. The molecule has 0 spiro atoms. The van der Waals surface area contributed by atoms with Crippen molar-refractivity contribution in [1.82, 2.24) is 4.90 Å². The Morgan fingerprint density at radius 1 is 1.10 bits per heavy atom. The fourth-order valence-electron chi connectivity index (χ4n) is 2.24. The van der Waals surface area contributed by atoms with Crippen molar-refractivity contribution in [3.8, 4) is 0 Å². The highest BCUT2D eigenvalue weighted by Crippen LogP contribution is 2.26. The zero-order valence-electron chi connectivity index (χ0n) is 10.6. The summed E-state index contributed by atoms with van der Waals surface area (Å²) in [4.78, 5) is 13.9. The van der Waals surface area contributed by atoms with E-state index < -0.39 is 0 Å². The number of benzene rings is 2. The summed E-state index contributed by atoms with van der Waals surface area (Å²) in [7, 11) is 0. The van der Waals surface area contributed by atoms with E-state index in [2.05, 4.69) is 21.2 Å². The summed E-state index contributed by atoms with van der Waals surface area (Å²) in [6.07, 6.45) is 0. The van der Waals surface area contributed by atoms with E-state index in [9.17, 15) is 9.18 Å². The van der Waals surface area contributed by atoms with Crippen LogP contribution in [-0.2, 0) is 13.1 Å². The summed E-state index contributed by atoms with van der Waals surface area (Å²) in [6.45, 7) is 1.18. The first kappa shape index (κ1) is 13.1. The highest BCUT2D eigenvalue weighted by molar-refractivity contribution is 9.10. The maximum Gasteiger partial charge on any atom is 0.322 e. The Hall–Kier alpha value is -1.88. The standard InChI is InChI=1S/C15H12BrFN2O/c16-12-2-1-10-8-19(9-11(10)7-12)15(20)18-14-5-3-13(17)4-6-14/h1-7H,8-9H2,(H,18,20). The van der Waals surface area contributed by atoms with Gasteiger partial charge in [-0.2, -0.15) is 0 Å². The van der Waals surface area contributed by atoms with Crippen molar-refractivity contribution in [1.29, 1.82) is 0 Å². The van der Waals surface area contributed by atoms with E-state index in [1.165, 1.54) is 12.1 Å². The molecular formula is C15H12BrFN2O. The Bertz CT molecular complexity index is 657. The van der Waals surface area contributed by atoms with Gasteiger partial charge in [-0.1, -0.05) is 22.0 Å². The Balaban J connectivity index is 1.69.